The van der Waals surface area contributed by atoms with Crippen molar-refractivity contribution in [3.63, 3.8) is 0 Å². The standard InChI is InChI=1S/C29H28N4O4S/c34-27(30-23-11-5-2-6-12-23)22-14-15-25-26(17-22)31-29(32(28(25)35)18-20-8-3-1-4-9-20)38-19-21-10-7-13-24(16-21)33(36)37/h1,3-4,7-10,13-17,23H,2,5-6,11-12,18-19H2,(H,30,34). The summed E-state index contributed by atoms with van der Waals surface area (Å²) in [6, 6.07) is 21.3. The van der Waals surface area contributed by atoms with E-state index in [1.807, 2.05) is 36.4 Å². The second-order valence-corrected chi connectivity index (χ2v) is 10.5. The number of amides is 1. The zero-order valence-corrected chi connectivity index (χ0v) is 21.7. The number of nitro groups is 1. The van der Waals surface area contributed by atoms with Gasteiger partial charge in [0.2, 0.25) is 0 Å². The van der Waals surface area contributed by atoms with Crippen molar-refractivity contribution >= 4 is 34.3 Å². The second kappa shape index (κ2) is 11.6. The van der Waals surface area contributed by atoms with Gasteiger partial charge in [-0.05, 0) is 42.2 Å². The molecule has 1 aliphatic carbocycles. The summed E-state index contributed by atoms with van der Waals surface area (Å²) in [5.41, 5.74) is 2.47. The third kappa shape index (κ3) is 5.94. The number of carbonyl (C=O) groups excluding carboxylic acids is 1. The molecule has 3 aromatic carbocycles. The van der Waals surface area contributed by atoms with Gasteiger partial charge in [0.15, 0.2) is 5.16 Å². The number of hydrogen-bond donors (Lipinski definition) is 1. The molecular formula is C29H28N4O4S. The molecular weight excluding hydrogens is 500 g/mol. The Hall–Kier alpha value is -3.98. The Bertz CT molecular complexity index is 1530. The van der Waals surface area contributed by atoms with Gasteiger partial charge in [0.1, 0.15) is 0 Å². The SMILES string of the molecule is O=C(NC1CCCCC1)c1ccc2c(=O)n(Cc3ccccc3)c(SCc3cccc([N+](=O)[O-])c3)nc2c1. The molecule has 0 bridgehead atoms. The average molecular weight is 529 g/mol. The van der Waals surface area contributed by atoms with E-state index in [0.717, 1.165) is 36.8 Å². The number of carbonyl (C=O) groups is 1. The quantitative estimate of drug-likeness (QED) is 0.136. The Balaban J connectivity index is 1.49. The first-order valence-electron chi connectivity index (χ1n) is 12.7. The van der Waals surface area contributed by atoms with Crippen molar-refractivity contribution in [2.45, 2.75) is 55.6 Å². The van der Waals surface area contributed by atoms with Crippen LogP contribution in [0, 0.1) is 10.1 Å². The first-order chi connectivity index (χ1) is 18.5. The number of rotatable bonds is 8. The van der Waals surface area contributed by atoms with Gasteiger partial charge in [-0.2, -0.15) is 0 Å². The number of aromatic nitrogens is 2. The highest BCUT2D eigenvalue weighted by Crippen LogP contribution is 2.25. The van der Waals surface area contributed by atoms with E-state index in [0.29, 0.717) is 33.9 Å². The van der Waals surface area contributed by atoms with Crippen LogP contribution in [0.2, 0.25) is 0 Å². The summed E-state index contributed by atoms with van der Waals surface area (Å²) in [4.78, 5) is 42.2. The minimum absolute atomic E-state index is 0.0184. The second-order valence-electron chi connectivity index (χ2n) is 9.53. The minimum Gasteiger partial charge on any atom is -0.349 e. The molecule has 0 unspecified atom stereocenters. The predicted octanol–water partition coefficient (Wildman–Crippen LogP) is 5.71. The van der Waals surface area contributed by atoms with E-state index in [-0.39, 0.29) is 23.2 Å². The van der Waals surface area contributed by atoms with Crippen molar-refractivity contribution in [1.29, 1.82) is 0 Å². The lowest BCUT2D eigenvalue weighted by molar-refractivity contribution is -0.384. The van der Waals surface area contributed by atoms with Crippen LogP contribution in [0.15, 0.2) is 82.7 Å². The molecule has 1 amide bonds. The Kier molecular flexibility index (Phi) is 7.83. The lowest BCUT2D eigenvalue weighted by Crippen LogP contribution is -2.36. The van der Waals surface area contributed by atoms with Gasteiger partial charge in [0.05, 0.1) is 22.4 Å². The predicted molar refractivity (Wildman–Crippen MR) is 149 cm³/mol. The molecule has 1 N–H and O–H groups in total. The molecule has 38 heavy (non-hydrogen) atoms. The molecule has 1 fully saturated rings. The van der Waals surface area contributed by atoms with E-state index < -0.39 is 4.92 Å². The highest BCUT2D eigenvalue weighted by molar-refractivity contribution is 7.98. The zero-order chi connectivity index (χ0) is 26.5. The van der Waals surface area contributed by atoms with Crippen LogP contribution in [0.1, 0.15) is 53.6 Å². The van der Waals surface area contributed by atoms with Crippen molar-refractivity contribution in [1.82, 2.24) is 14.9 Å². The largest absolute Gasteiger partial charge is 0.349 e. The van der Waals surface area contributed by atoms with Gasteiger partial charge in [-0.1, -0.05) is 73.5 Å². The lowest BCUT2D eigenvalue weighted by Gasteiger charge is -2.22. The highest BCUT2D eigenvalue weighted by Gasteiger charge is 2.19. The van der Waals surface area contributed by atoms with Gasteiger partial charge in [0, 0.05) is 29.5 Å². The van der Waals surface area contributed by atoms with Crippen molar-refractivity contribution in [2.24, 2.45) is 0 Å². The summed E-state index contributed by atoms with van der Waals surface area (Å²) < 4.78 is 1.63. The van der Waals surface area contributed by atoms with Crippen LogP contribution >= 0.6 is 11.8 Å². The maximum atomic E-state index is 13.6. The van der Waals surface area contributed by atoms with E-state index in [1.54, 1.807) is 28.8 Å². The number of fused-ring (bicyclic) bond motifs is 1. The molecule has 8 nitrogen and oxygen atoms in total. The Morgan fingerprint density at radius 1 is 1.00 bits per heavy atom. The summed E-state index contributed by atoms with van der Waals surface area (Å²) in [6.45, 7) is 0.337. The molecule has 4 aromatic rings. The molecule has 0 atom stereocenters. The lowest BCUT2D eigenvalue weighted by atomic mass is 9.95. The number of hydrogen-bond acceptors (Lipinski definition) is 6. The topological polar surface area (TPSA) is 107 Å². The van der Waals surface area contributed by atoms with Crippen LogP contribution in [0.4, 0.5) is 5.69 Å². The first kappa shape index (κ1) is 25.7. The summed E-state index contributed by atoms with van der Waals surface area (Å²) >= 11 is 1.34. The molecule has 0 spiro atoms. The fourth-order valence-corrected chi connectivity index (χ4v) is 5.72. The van der Waals surface area contributed by atoms with E-state index in [2.05, 4.69) is 5.32 Å². The van der Waals surface area contributed by atoms with Crippen molar-refractivity contribution in [2.75, 3.05) is 0 Å². The molecule has 1 aromatic heterocycles. The first-order valence-corrected chi connectivity index (χ1v) is 13.7. The third-order valence-electron chi connectivity index (χ3n) is 6.80. The Labute approximate surface area is 224 Å². The van der Waals surface area contributed by atoms with Crippen LogP contribution in [0.5, 0.6) is 0 Å². The number of benzene rings is 3. The molecule has 0 radical (unpaired) electrons. The number of thioether (sulfide) groups is 1. The van der Waals surface area contributed by atoms with Gasteiger partial charge in [-0.25, -0.2) is 4.98 Å². The summed E-state index contributed by atoms with van der Waals surface area (Å²) in [6.07, 6.45) is 5.42. The molecule has 1 heterocycles. The van der Waals surface area contributed by atoms with Gasteiger partial charge < -0.3 is 5.32 Å². The summed E-state index contributed by atoms with van der Waals surface area (Å²) in [5.74, 6) is 0.246. The maximum Gasteiger partial charge on any atom is 0.269 e. The van der Waals surface area contributed by atoms with Crippen LogP contribution in [-0.4, -0.2) is 26.4 Å². The summed E-state index contributed by atoms with van der Waals surface area (Å²) in [5, 5.41) is 15.2. The fraction of sp³-hybridized carbons (Fsp3) is 0.276. The third-order valence-corrected chi connectivity index (χ3v) is 7.84. The monoisotopic (exact) mass is 528 g/mol. The highest BCUT2D eigenvalue weighted by atomic mass is 32.2. The van der Waals surface area contributed by atoms with Crippen LogP contribution in [-0.2, 0) is 12.3 Å². The molecule has 1 saturated carbocycles. The molecule has 0 aliphatic heterocycles. The van der Waals surface area contributed by atoms with E-state index in [4.69, 9.17) is 4.98 Å². The number of nitro benzene ring substituents is 1. The van der Waals surface area contributed by atoms with Gasteiger partial charge >= 0.3 is 0 Å². The van der Waals surface area contributed by atoms with Crippen LogP contribution in [0.25, 0.3) is 10.9 Å². The normalized spacial score (nSPS) is 13.9. The van der Waals surface area contributed by atoms with E-state index in [9.17, 15) is 19.7 Å². The fourth-order valence-electron chi connectivity index (χ4n) is 4.78. The van der Waals surface area contributed by atoms with Crippen LogP contribution < -0.4 is 10.9 Å². The number of nitrogens with one attached hydrogen (secondary N) is 1. The molecule has 0 saturated heterocycles. The maximum absolute atomic E-state index is 13.6. The van der Waals surface area contributed by atoms with Gasteiger partial charge in [-0.15, -0.1) is 0 Å². The molecule has 194 valence electrons. The van der Waals surface area contributed by atoms with E-state index in [1.165, 1.54) is 30.3 Å². The number of nitrogens with zero attached hydrogens (tertiary/aromatic N) is 3. The number of non-ortho nitro benzene ring substituents is 1. The van der Waals surface area contributed by atoms with Gasteiger partial charge in [0.25, 0.3) is 17.2 Å². The van der Waals surface area contributed by atoms with Crippen molar-refractivity contribution in [3.8, 4) is 0 Å². The van der Waals surface area contributed by atoms with Crippen molar-refractivity contribution in [3.05, 3.63) is 110 Å². The smallest absolute Gasteiger partial charge is 0.269 e. The Morgan fingerprint density at radius 3 is 2.53 bits per heavy atom. The molecule has 5 rings (SSSR count). The molecule has 1 aliphatic rings. The molecule has 9 heteroatoms. The Morgan fingerprint density at radius 2 is 1.76 bits per heavy atom. The minimum atomic E-state index is -0.423. The van der Waals surface area contributed by atoms with E-state index >= 15 is 0 Å². The van der Waals surface area contributed by atoms with Crippen molar-refractivity contribution < 1.29 is 9.72 Å². The van der Waals surface area contributed by atoms with Crippen LogP contribution in [0.3, 0.4) is 0 Å². The summed E-state index contributed by atoms with van der Waals surface area (Å²) in [7, 11) is 0. The zero-order valence-electron chi connectivity index (χ0n) is 20.8. The van der Waals surface area contributed by atoms with Gasteiger partial charge in [-0.3, -0.25) is 24.3 Å². The average Bonchev–Trinajstić information content (AvgIpc) is 2.94.